The summed E-state index contributed by atoms with van der Waals surface area (Å²) in [6.07, 6.45) is 0.705. The molecular weight excluding hydrogens is 308 g/mol. The Balaban J connectivity index is 2.35. The van der Waals surface area contributed by atoms with Gasteiger partial charge in [-0.05, 0) is 57.4 Å². The fourth-order valence-corrected chi connectivity index (χ4v) is 3.06. The van der Waals surface area contributed by atoms with Crippen molar-refractivity contribution in [2.45, 2.75) is 59.6 Å². The van der Waals surface area contributed by atoms with E-state index in [2.05, 4.69) is 48.9 Å². The second kappa shape index (κ2) is 9.28. The minimum absolute atomic E-state index is 0.338. The Morgan fingerprint density at radius 3 is 2.48 bits per heavy atom. The number of carbonyl (C=O) groups is 1. The molecule has 0 radical (unpaired) electrons. The molecule has 2 atom stereocenters. The highest BCUT2D eigenvalue weighted by Crippen LogP contribution is 2.13. The molecule has 0 saturated heterocycles. The number of hydrogen-bond donors (Lipinski definition) is 2. The number of amides is 1. The van der Waals surface area contributed by atoms with Crippen LogP contribution in [0.25, 0.3) is 0 Å². The summed E-state index contributed by atoms with van der Waals surface area (Å²) < 4.78 is 5.29. The van der Waals surface area contributed by atoms with Gasteiger partial charge in [0.1, 0.15) is 5.60 Å². The first-order valence-electron chi connectivity index (χ1n) is 8.40. The molecule has 0 aliphatic rings. The number of carbonyl (C=O) groups excluding carboxylic acids is 1. The number of alkyl carbamates (subject to hydrolysis) is 1. The van der Waals surface area contributed by atoms with Gasteiger partial charge in [-0.25, -0.2) is 4.79 Å². The van der Waals surface area contributed by atoms with Crippen molar-refractivity contribution in [1.82, 2.24) is 10.6 Å². The van der Waals surface area contributed by atoms with Gasteiger partial charge in [-0.1, -0.05) is 19.9 Å². The Morgan fingerprint density at radius 1 is 1.26 bits per heavy atom. The highest BCUT2D eigenvalue weighted by Gasteiger charge is 2.19. The molecule has 0 aromatic carbocycles. The standard InChI is InChI=1S/C18H32N2O2S/c1-13(2)15(12-20-17(21)22-18(4,5)6)11-19-14(3)10-16-8-7-9-23-16/h7-9,13-15,19H,10-12H2,1-6H3,(H,20,21). The molecule has 1 aromatic heterocycles. The molecule has 2 unspecified atom stereocenters. The second-order valence-corrected chi connectivity index (χ2v) is 8.51. The largest absolute Gasteiger partial charge is 0.444 e. The third-order valence-electron chi connectivity index (χ3n) is 3.67. The van der Waals surface area contributed by atoms with Gasteiger partial charge in [-0.2, -0.15) is 0 Å². The van der Waals surface area contributed by atoms with Crippen molar-refractivity contribution in [3.63, 3.8) is 0 Å². The lowest BCUT2D eigenvalue weighted by Crippen LogP contribution is -2.41. The summed E-state index contributed by atoms with van der Waals surface area (Å²) in [6.45, 7) is 13.7. The fraction of sp³-hybridized carbons (Fsp3) is 0.722. The molecule has 2 N–H and O–H groups in total. The van der Waals surface area contributed by atoms with E-state index in [-0.39, 0.29) is 6.09 Å². The zero-order valence-electron chi connectivity index (χ0n) is 15.3. The van der Waals surface area contributed by atoms with E-state index < -0.39 is 5.60 Å². The first-order valence-corrected chi connectivity index (χ1v) is 9.28. The van der Waals surface area contributed by atoms with E-state index in [0.717, 1.165) is 13.0 Å². The first kappa shape index (κ1) is 20.0. The Kier molecular flexibility index (Phi) is 8.06. The van der Waals surface area contributed by atoms with Gasteiger partial charge in [0, 0.05) is 24.0 Å². The highest BCUT2D eigenvalue weighted by molar-refractivity contribution is 7.09. The average molecular weight is 341 g/mol. The Hall–Kier alpha value is -1.07. The zero-order chi connectivity index (χ0) is 17.5. The molecule has 23 heavy (non-hydrogen) atoms. The summed E-state index contributed by atoms with van der Waals surface area (Å²) in [5.41, 5.74) is -0.453. The predicted molar refractivity (Wildman–Crippen MR) is 98.1 cm³/mol. The summed E-state index contributed by atoms with van der Waals surface area (Å²) in [4.78, 5) is 13.2. The summed E-state index contributed by atoms with van der Waals surface area (Å²) >= 11 is 1.80. The van der Waals surface area contributed by atoms with Crippen molar-refractivity contribution in [2.24, 2.45) is 11.8 Å². The van der Waals surface area contributed by atoms with Crippen LogP contribution in [0.2, 0.25) is 0 Å². The van der Waals surface area contributed by atoms with Crippen LogP contribution in [0.3, 0.4) is 0 Å². The van der Waals surface area contributed by atoms with Gasteiger partial charge in [0.2, 0.25) is 0 Å². The van der Waals surface area contributed by atoms with Gasteiger partial charge in [-0.15, -0.1) is 11.3 Å². The van der Waals surface area contributed by atoms with Crippen molar-refractivity contribution < 1.29 is 9.53 Å². The van der Waals surface area contributed by atoms with E-state index >= 15 is 0 Å². The Labute approximate surface area is 145 Å². The summed E-state index contributed by atoms with van der Waals surface area (Å²) in [5, 5.41) is 8.59. The van der Waals surface area contributed by atoms with Crippen LogP contribution >= 0.6 is 11.3 Å². The van der Waals surface area contributed by atoms with E-state index in [0.29, 0.717) is 24.4 Å². The Bertz CT molecular complexity index is 452. The second-order valence-electron chi connectivity index (χ2n) is 7.48. The van der Waals surface area contributed by atoms with Crippen LogP contribution in [0.15, 0.2) is 17.5 Å². The molecule has 0 aliphatic heterocycles. The molecule has 1 aromatic rings. The molecule has 0 saturated carbocycles. The van der Waals surface area contributed by atoms with Gasteiger partial charge < -0.3 is 15.4 Å². The molecular formula is C18H32N2O2S. The molecule has 1 rings (SSSR count). The zero-order valence-corrected chi connectivity index (χ0v) is 16.1. The van der Waals surface area contributed by atoms with E-state index in [9.17, 15) is 4.79 Å². The first-order chi connectivity index (χ1) is 10.7. The maximum absolute atomic E-state index is 11.8. The third-order valence-corrected chi connectivity index (χ3v) is 4.56. The monoisotopic (exact) mass is 340 g/mol. The van der Waals surface area contributed by atoms with Crippen molar-refractivity contribution >= 4 is 17.4 Å². The molecule has 132 valence electrons. The van der Waals surface area contributed by atoms with Crippen LogP contribution in [0.1, 0.15) is 46.4 Å². The predicted octanol–water partition coefficient (Wildman–Crippen LogP) is 4.07. The van der Waals surface area contributed by atoms with Crippen LogP contribution in [0, 0.1) is 11.8 Å². The highest BCUT2D eigenvalue weighted by atomic mass is 32.1. The molecule has 0 bridgehead atoms. The summed E-state index contributed by atoms with van der Waals surface area (Å²) in [5.74, 6) is 0.875. The van der Waals surface area contributed by atoms with Gasteiger partial charge in [0.05, 0.1) is 0 Å². The van der Waals surface area contributed by atoms with E-state index in [1.54, 1.807) is 11.3 Å². The molecule has 5 heteroatoms. The minimum Gasteiger partial charge on any atom is -0.444 e. The van der Waals surface area contributed by atoms with Gasteiger partial charge in [-0.3, -0.25) is 0 Å². The van der Waals surface area contributed by atoms with Crippen molar-refractivity contribution in [2.75, 3.05) is 13.1 Å². The molecule has 4 nitrogen and oxygen atoms in total. The Morgan fingerprint density at radius 2 is 1.96 bits per heavy atom. The van der Waals surface area contributed by atoms with E-state index in [1.807, 2.05) is 20.8 Å². The fourth-order valence-electron chi connectivity index (χ4n) is 2.23. The van der Waals surface area contributed by atoms with Crippen LogP contribution in [-0.2, 0) is 11.2 Å². The lowest BCUT2D eigenvalue weighted by Gasteiger charge is -2.25. The lowest BCUT2D eigenvalue weighted by atomic mass is 9.95. The number of ether oxygens (including phenoxy) is 1. The van der Waals surface area contributed by atoms with Crippen LogP contribution < -0.4 is 10.6 Å². The van der Waals surface area contributed by atoms with Crippen LogP contribution in [0.5, 0.6) is 0 Å². The maximum atomic E-state index is 11.8. The summed E-state index contributed by atoms with van der Waals surface area (Å²) in [7, 11) is 0. The van der Waals surface area contributed by atoms with Gasteiger partial charge in [0.15, 0.2) is 0 Å². The van der Waals surface area contributed by atoms with Crippen molar-refractivity contribution in [1.29, 1.82) is 0 Å². The summed E-state index contributed by atoms with van der Waals surface area (Å²) in [6, 6.07) is 4.69. The van der Waals surface area contributed by atoms with Gasteiger partial charge >= 0.3 is 6.09 Å². The number of nitrogens with one attached hydrogen (secondary N) is 2. The SMILES string of the molecule is CC(Cc1cccs1)NCC(CNC(=O)OC(C)(C)C)C(C)C. The average Bonchev–Trinajstić information content (AvgIpc) is 2.88. The van der Waals surface area contributed by atoms with E-state index in [1.165, 1.54) is 4.88 Å². The minimum atomic E-state index is -0.453. The van der Waals surface area contributed by atoms with Crippen molar-refractivity contribution in [3.8, 4) is 0 Å². The number of hydrogen-bond acceptors (Lipinski definition) is 4. The van der Waals surface area contributed by atoms with Crippen LogP contribution in [0.4, 0.5) is 4.79 Å². The third kappa shape index (κ3) is 8.96. The molecule has 1 amide bonds. The number of thiophene rings is 1. The molecule has 1 heterocycles. The molecule has 0 spiro atoms. The quantitative estimate of drug-likeness (QED) is 0.750. The van der Waals surface area contributed by atoms with Gasteiger partial charge in [0.25, 0.3) is 0 Å². The lowest BCUT2D eigenvalue weighted by molar-refractivity contribution is 0.0514. The smallest absolute Gasteiger partial charge is 0.407 e. The maximum Gasteiger partial charge on any atom is 0.407 e. The van der Waals surface area contributed by atoms with Crippen LogP contribution in [-0.4, -0.2) is 30.8 Å². The van der Waals surface area contributed by atoms with E-state index in [4.69, 9.17) is 4.74 Å². The molecule has 0 fully saturated rings. The number of rotatable bonds is 8. The topological polar surface area (TPSA) is 50.4 Å². The van der Waals surface area contributed by atoms with Crippen molar-refractivity contribution in [3.05, 3.63) is 22.4 Å². The molecule has 0 aliphatic carbocycles. The normalized spacial score (nSPS) is 14.6.